The molecule has 0 bridgehead atoms. The summed E-state index contributed by atoms with van der Waals surface area (Å²) in [5.74, 6) is -2.37. The first-order valence-corrected chi connectivity index (χ1v) is 4.16. The van der Waals surface area contributed by atoms with Gasteiger partial charge in [0.1, 0.15) is 0 Å². The summed E-state index contributed by atoms with van der Waals surface area (Å²) in [5, 5.41) is 34.2. The van der Waals surface area contributed by atoms with E-state index >= 15 is 0 Å². The van der Waals surface area contributed by atoms with Gasteiger partial charge in [0.05, 0.1) is 25.2 Å². The summed E-state index contributed by atoms with van der Waals surface area (Å²) >= 11 is 0. The molecule has 0 aromatic carbocycles. The average Bonchev–Trinajstić information content (AvgIpc) is 2.18. The predicted octanol–water partition coefficient (Wildman–Crippen LogP) is -2.78. The molecule has 17 heavy (non-hydrogen) atoms. The summed E-state index contributed by atoms with van der Waals surface area (Å²) in [7, 11) is 0. The number of carboxylic acids is 2. The van der Waals surface area contributed by atoms with Gasteiger partial charge in [-0.05, 0) is 25.0 Å². The van der Waals surface area contributed by atoms with Gasteiger partial charge < -0.3 is 30.0 Å². The van der Waals surface area contributed by atoms with Gasteiger partial charge in [-0.3, -0.25) is 0 Å². The number of rotatable bonds is 3. The number of hydrogen-bond donors (Lipinski definition) is 2. The molecule has 0 aliphatic heterocycles. The quantitative estimate of drug-likeness (QED) is 0.363. The topological polar surface area (TPSA) is 121 Å². The fourth-order valence-electron chi connectivity index (χ4n) is 0. The molecule has 0 saturated carbocycles. The second-order valence-corrected chi connectivity index (χ2v) is 2.58. The zero-order chi connectivity index (χ0) is 13.7. The van der Waals surface area contributed by atoms with E-state index < -0.39 is 11.9 Å². The molecule has 2 N–H and O–H groups in total. The van der Waals surface area contributed by atoms with Crippen molar-refractivity contribution in [3.05, 3.63) is 24.3 Å². The van der Waals surface area contributed by atoms with Gasteiger partial charge >= 0.3 is 27.3 Å². The standard InChI is InChI=1S/2C4H6O2.C2H6O2.Pb/c2*1-3(2)4(5)6;3-1-2-4;/h2*1H2,2H3,(H,5,6);3-4H,1-2H2;/q;;;+2/p-2. The van der Waals surface area contributed by atoms with E-state index in [9.17, 15) is 19.8 Å². The first-order chi connectivity index (χ1) is 7.20. The van der Waals surface area contributed by atoms with Crippen LogP contribution in [-0.2, 0) is 9.59 Å². The number of aliphatic hydroxyl groups is 2. The molecular formula is C10H16O6Pb. The number of hydrogen-bond acceptors (Lipinski definition) is 6. The molecule has 7 heteroatoms. The number of aliphatic carboxylic acids is 2. The molecule has 0 aliphatic carbocycles. The van der Waals surface area contributed by atoms with Crippen molar-refractivity contribution in [3.63, 3.8) is 0 Å². The van der Waals surface area contributed by atoms with Crippen LogP contribution in [0, 0.1) is 0 Å². The summed E-state index contributed by atoms with van der Waals surface area (Å²) in [6, 6.07) is 0. The molecule has 0 fully saturated rings. The Bertz CT molecular complexity index is 199. The molecule has 0 aromatic rings. The van der Waals surface area contributed by atoms with E-state index in [2.05, 4.69) is 13.2 Å². The molecule has 0 spiro atoms. The van der Waals surface area contributed by atoms with E-state index in [-0.39, 0.29) is 51.7 Å². The molecule has 0 amide bonds. The third-order valence-electron chi connectivity index (χ3n) is 0.797. The third kappa shape index (κ3) is 39.3. The monoisotopic (exact) mass is 440 g/mol. The third-order valence-corrected chi connectivity index (χ3v) is 0.797. The Balaban J connectivity index is -0.0000000741. The number of carboxylic acid groups (broad SMARTS) is 2. The van der Waals surface area contributed by atoms with Crippen molar-refractivity contribution in [2.75, 3.05) is 13.2 Å². The van der Waals surface area contributed by atoms with E-state index in [1.165, 1.54) is 13.8 Å². The minimum absolute atomic E-state index is 0. The predicted molar refractivity (Wildman–Crippen MR) is 59.6 cm³/mol. The Labute approximate surface area is 120 Å². The zero-order valence-corrected chi connectivity index (χ0v) is 13.7. The van der Waals surface area contributed by atoms with E-state index in [0.717, 1.165) is 0 Å². The Morgan fingerprint density at radius 3 is 1.06 bits per heavy atom. The van der Waals surface area contributed by atoms with Crippen molar-refractivity contribution in [3.8, 4) is 0 Å². The summed E-state index contributed by atoms with van der Waals surface area (Å²) in [6.07, 6.45) is 0. The van der Waals surface area contributed by atoms with E-state index in [0.29, 0.717) is 0 Å². The minimum Gasteiger partial charge on any atom is -0.545 e. The zero-order valence-electron chi connectivity index (χ0n) is 9.86. The molecule has 0 atom stereocenters. The van der Waals surface area contributed by atoms with Crippen LogP contribution in [0.15, 0.2) is 24.3 Å². The molecule has 0 aromatic heterocycles. The largest absolute Gasteiger partial charge is 2.00 e. The second-order valence-electron chi connectivity index (χ2n) is 2.58. The summed E-state index contributed by atoms with van der Waals surface area (Å²) in [4.78, 5) is 19.0. The van der Waals surface area contributed by atoms with Gasteiger partial charge in [0.15, 0.2) is 0 Å². The van der Waals surface area contributed by atoms with Crippen molar-refractivity contribution < 1.29 is 30.0 Å². The van der Waals surface area contributed by atoms with Crippen LogP contribution in [0.4, 0.5) is 0 Å². The van der Waals surface area contributed by atoms with Crippen molar-refractivity contribution in [1.29, 1.82) is 0 Å². The van der Waals surface area contributed by atoms with Crippen LogP contribution >= 0.6 is 0 Å². The van der Waals surface area contributed by atoms with Crippen molar-refractivity contribution >= 4 is 39.2 Å². The maximum absolute atomic E-state index is 9.49. The molecule has 0 rings (SSSR count). The molecule has 0 unspecified atom stereocenters. The molecule has 2 radical (unpaired) electrons. The van der Waals surface area contributed by atoms with Crippen LogP contribution in [0.2, 0.25) is 0 Å². The summed E-state index contributed by atoms with van der Waals surface area (Å²) in [5.41, 5.74) is 0.130. The fraction of sp³-hybridized carbons (Fsp3) is 0.400. The van der Waals surface area contributed by atoms with Crippen LogP contribution in [0.3, 0.4) is 0 Å². The molecule has 0 saturated heterocycles. The van der Waals surface area contributed by atoms with E-state index in [1.807, 2.05) is 0 Å². The van der Waals surface area contributed by atoms with Gasteiger partial charge in [0.2, 0.25) is 0 Å². The van der Waals surface area contributed by atoms with Crippen LogP contribution in [0.5, 0.6) is 0 Å². The first-order valence-electron chi connectivity index (χ1n) is 4.16. The van der Waals surface area contributed by atoms with Gasteiger partial charge in [0, 0.05) is 0 Å². The second kappa shape index (κ2) is 17.7. The Morgan fingerprint density at radius 2 is 1.06 bits per heavy atom. The average molecular weight is 439 g/mol. The van der Waals surface area contributed by atoms with Crippen LogP contribution < -0.4 is 10.2 Å². The van der Waals surface area contributed by atoms with Crippen LogP contribution in [0.1, 0.15) is 13.8 Å². The number of carbonyl (C=O) groups excluding carboxylic acids is 2. The van der Waals surface area contributed by atoms with Crippen LogP contribution in [0.25, 0.3) is 0 Å². The van der Waals surface area contributed by atoms with Gasteiger partial charge in [-0.25, -0.2) is 0 Å². The Morgan fingerprint density at radius 1 is 0.941 bits per heavy atom. The maximum Gasteiger partial charge on any atom is 2.00 e. The smallest absolute Gasteiger partial charge is 0.545 e. The molecular weight excluding hydrogens is 423 g/mol. The Hall–Kier alpha value is -0.738. The maximum atomic E-state index is 9.49. The van der Waals surface area contributed by atoms with Crippen LogP contribution in [-0.4, -0.2) is 62.7 Å². The number of carbonyl (C=O) groups is 2. The molecule has 96 valence electrons. The van der Waals surface area contributed by atoms with Gasteiger partial charge in [-0.2, -0.15) is 0 Å². The van der Waals surface area contributed by atoms with Crippen molar-refractivity contribution in [2.45, 2.75) is 13.8 Å². The summed E-state index contributed by atoms with van der Waals surface area (Å²) in [6.45, 7) is 8.70. The van der Waals surface area contributed by atoms with Gasteiger partial charge in [-0.1, -0.05) is 13.2 Å². The van der Waals surface area contributed by atoms with Crippen molar-refractivity contribution in [2.24, 2.45) is 0 Å². The number of aliphatic hydroxyl groups excluding tert-OH is 2. The molecule has 6 nitrogen and oxygen atoms in total. The fourth-order valence-corrected chi connectivity index (χ4v) is 0. The van der Waals surface area contributed by atoms with Gasteiger partial charge in [0.25, 0.3) is 0 Å². The van der Waals surface area contributed by atoms with Gasteiger partial charge in [-0.15, -0.1) is 0 Å². The molecule has 0 aliphatic rings. The van der Waals surface area contributed by atoms with E-state index in [4.69, 9.17) is 10.2 Å². The first kappa shape index (κ1) is 25.2. The SMILES string of the molecule is C=C(C)C(=O)[O-].C=C(C)C(=O)[O-].OCCO.[Pb+2]. The molecule has 0 heterocycles. The minimum atomic E-state index is -1.19. The van der Waals surface area contributed by atoms with Crippen molar-refractivity contribution in [1.82, 2.24) is 0 Å². The summed E-state index contributed by atoms with van der Waals surface area (Å²) < 4.78 is 0. The normalized spacial score (nSPS) is 7.06. The Kier molecular flexibility index (Phi) is 26.2. The van der Waals surface area contributed by atoms with E-state index in [1.54, 1.807) is 0 Å².